The zero-order valence-corrected chi connectivity index (χ0v) is 18.2. The molecule has 1 N–H and O–H groups in total. The third-order valence-corrected chi connectivity index (χ3v) is 5.21. The van der Waals surface area contributed by atoms with Crippen LogP contribution in [0, 0.1) is 17.1 Å². The second kappa shape index (κ2) is 11.4. The minimum Gasteiger partial charge on any atom is -0.462 e. The summed E-state index contributed by atoms with van der Waals surface area (Å²) in [6.07, 6.45) is 3.27. The highest BCUT2D eigenvalue weighted by Crippen LogP contribution is 2.19. The van der Waals surface area contributed by atoms with Crippen LogP contribution in [0.1, 0.15) is 63.9 Å². The number of hydrogen-bond donors (Lipinski definition) is 1. The van der Waals surface area contributed by atoms with Gasteiger partial charge in [0, 0.05) is 32.7 Å². The van der Waals surface area contributed by atoms with E-state index in [-0.39, 0.29) is 23.6 Å². The number of fused-ring (bicyclic) bond motifs is 1. The van der Waals surface area contributed by atoms with E-state index in [2.05, 4.69) is 10.4 Å². The molecule has 0 fully saturated rings. The number of aryl methyl sites for hydroxylation is 2. The zero-order chi connectivity index (χ0) is 22.9. The van der Waals surface area contributed by atoms with Crippen LogP contribution in [-0.4, -0.2) is 48.0 Å². The monoisotopic (exact) mass is 442 g/mol. The number of halogens is 1. The van der Waals surface area contributed by atoms with Gasteiger partial charge >= 0.3 is 5.97 Å². The molecular formula is C23H27FN4O4. The Morgan fingerprint density at radius 1 is 1.38 bits per heavy atom. The first-order valence-corrected chi connectivity index (χ1v) is 10.9. The van der Waals surface area contributed by atoms with E-state index in [9.17, 15) is 14.0 Å². The van der Waals surface area contributed by atoms with Crippen LogP contribution in [0.3, 0.4) is 0 Å². The highest BCUT2D eigenvalue weighted by molar-refractivity contribution is 5.96. The van der Waals surface area contributed by atoms with Crippen molar-refractivity contribution in [1.29, 1.82) is 5.26 Å². The summed E-state index contributed by atoms with van der Waals surface area (Å²) in [5.41, 5.74) is 2.14. The Morgan fingerprint density at radius 3 is 2.97 bits per heavy atom. The van der Waals surface area contributed by atoms with Gasteiger partial charge in [-0.1, -0.05) is 6.92 Å². The molecule has 2 heterocycles. The van der Waals surface area contributed by atoms with E-state index in [1.165, 1.54) is 12.1 Å². The van der Waals surface area contributed by atoms with Gasteiger partial charge in [-0.25, -0.2) is 9.18 Å². The summed E-state index contributed by atoms with van der Waals surface area (Å²) in [4.78, 5) is 25.0. The average Bonchev–Trinajstić information content (AvgIpc) is 3.13. The molecule has 1 amide bonds. The molecule has 0 atom stereocenters. The highest BCUT2D eigenvalue weighted by Gasteiger charge is 2.23. The number of hydrogen-bond acceptors (Lipinski definition) is 6. The molecular weight excluding hydrogens is 415 g/mol. The maximum atomic E-state index is 13.9. The van der Waals surface area contributed by atoms with Crippen molar-refractivity contribution in [3.8, 4) is 6.07 Å². The van der Waals surface area contributed by atoms with Crippen molar-refractivity contribution in [1.82, 2.24) is 15.1 Å². The molecule has 1 aromatic heterocycles. The van der Waals surface area contributed by atoms with Gasteiger partial charge in [-0.15, -0.1) is 0 Å². The van der Waals surface area contributed by atoms with Gasteiger partial charge < -0.3 is 14.8 Å². The van der Waals surface area contributed by atoms with Crippen LogP contribution in [0.4, 0.5) is 4.39 Å². The fraction of sp³-hybridized carbons (Fsp3) is 0.478. The third kappa shape index (κ3) is 5.71. The molecule has 0 saturated heterocycles. The van der Waals surface area contributed by atoms with E-state index in [1.54, 1.807) is 4.68 Å². The van der Waals surface area contributed by atoms with Crippen LogP contribution < -0.4 is 5.32 Å². The van der Waals surface area contributed by atoms with Gasteiger partial charge in [0.25, 0.3) is 5.91 Å². The molecule has 0 spiro atoms. The predicted molar refractivity (Wildman–Crippen MR) is 114 cm³/mol. The molecule has 2 aromatic rings. The second-order valence-corrected chi connectivity index (χ2v) is 7.47. The fourth-order valence-electron chi connectivity index (χ4n) is 3.62. The normalized spacial score (nSPS) is 14.6. The van der Waals surface area contributed by atoms with Crippen LogP contribution in [0.25, 0.3) is 0 Å². The molecule has 32 heavy (non-hydrogen) atoms. The van der Waals surface area contributed by atoms with Crippen LogP contribution in [0.15, 0.2) is 18.2 Å². The van der Waals surface area contributed by atoms with Gasteiger partial charge in [0.15, 0.2) is 0 Å². The number of amides is 1. The molecule has 1 aliphatic rings. The smallest absolute Gasteiger partial charge is 0.341 e. The standard InChI is InChI=1S/C23H27FN4O4/c1-2-19-21-20(6-3-11-31-12-4-9-26-22(21)29)28(27-19)10-5-13-32-23(30)17-14-16(15-25)7-8-18(17)24/h7-8,14H,2-6,9-13H2,1H3,(H,26,29). The molecule has 0 saturated carbocycles. The second-order valence-electron chi connectivity index (χ2n) is 7.47. The maximum Gasteiger partial charge on any atom is 0.341 e. The lowest BCUT2D eigenvalue weighted by Crippen LogP contribution is -2.26. The predicted octanol–water partition coefficient (Wildman–Crippen LogP) is 2.79. The van der Waals surface area contributed by atoms with Crippen molar-refractivity contribution < 1.29 is 23.5 Å². The first-order chi connectivity index (χ1) is 15.5. The average molecular weight is 442 g/mol. The van der Waals surface area contributed by atoms with Gasteiger partial charge in [0.1, 0.15) is 5.82 Å². The van der Waals surface area contributed by atoms with Crippen molar-refractivity contribution in [2.45, 2.75) is 45.6 Å². The Kier molecular flexibility index (Phi) is 8.34. The molecule has 3 rings (SSSR count). The number of nitriles is 1. The molecule has 170 valence electrons. The Balaban J connectivity index is 1.67. The molecule has 0 unspecified atom stereocenters. The number of esters is 1. The van der Waals surface area contributed by atoms with Crippen molar-refractivity contribution >= 4 is 11.9 Å². The van der Waals surface area contributed by atoms with Crippen molar-refractivity contribution in [3.05, 3.63) is 52.1 Å². The summed E-state index contributed by atoms with van der Waals surface area (Å²) in [6, 6.07) is 5.43. The number of benzene rings is 1. The molecule has 0 radical (unpaired) electrons. The molecule has 1 aromatic carbocycles. The van der Waals surface area contributed by atoms with Gasteiger partial charge in [0.05, 0.1) is 40.8 Å². The van der Waals surface area contributed by atoms with Crippen LogP contribution in [0.2, 0.25) is 0 Å². The Labute approximate surface area is 186 Å². The van der Waals surface area contributed by atoms with E-state index in [0.717, 1.165) is 30.3 Å². The number of nitrogens with zero attached hydrogens (tertiary/aromatic N) is 3. The van der Waals surface area contributed by atoms with E-state index in [4.69, 9.17) is 14.7 Å². The number of aromatic nitrogens is 2. The van der Waals surface area contributed by atoms with Crippen LogP contribution >= 0.6 is 0 Å². The van der Waals surface area contributed by atoms with E-state index < -0.39 is 11.8 Å². The number of rotatable bonds is 6. The molecule has 0 bridgehead atoms. The third-order valence-electron chi connectivity index (χ3n) is 5.21. The van der Waals surface area contributed by atoms with E-state index in [0.29, 0.717) is 51.1 Å². The largest absolute Gasteiger partial charge is 0.462 e. The fourth-order valence-corrected chi connectivity index (χ4v) is 3.62. The lowest BCUT2D eigenvalue weighted by Gasteiger charge is -2.10. The first-order valence-electron chi connectivity index (χ1n) is 10.9. The van der Waals surface area contributed by atoms with Crippen LogP contribution in [0.5, 0.6) is 0 Å². The number of carbonyl (C=O) groups excluding carboxylic acids is 2. The van der Waals surface area contributed by atoms with Gasteiger partial charge in [-0.2, -0.15) is 10.4 Å². The van der Waals surface area contributed by atoms with Gasteiger partial charge in [0.2, 0.25) is 0 Å². The molecule has 9 heteroatoms. The SMILES string of the molecule is CCc1nn(CCCOC(=O)c2cc(C#N)ccc2F)c2c1C(=O)NCCCOCCC2. The summed E-state index contributed by atoms with van der Waals surface area (Å²) < 4.78 is 26.5. The van der Waals surface area contributed by atoms with Crippen LogP contribution in [-0.2, 0) is 28.9 Å². The Bertz CT molecular complexity index is 1010. The lowest BCUT2D eigenvalue weighted by molar-refractivity contribution is 0.0489. The van der Waals surface area contributed by atoms with Gasteiger partial charge in [-0.05, 0) is 43.9 Å². The first kappa shape index (κ1) is 23.4. The zero-order valence-electron chi connectivity index (χ0n) is 18.2. The minimum absolute atomic E-state index is 0.0560. The maximum absolute atomic E-state index is 13.9. The molecule has 1 aliphatic heterocycles. The summed E-state index contributed by atoms with van der Waals surface area (Å²) in [5.74, 6) is -1.67. The number of ether oxygens (including phenoxy) is 2. The quantitative estimate of drug-likeness (QED) is 0.545. The summed E-state index contributed by atoms with van der Waals surface area (Å²) in [7, 11) is 0. The molecule has 8 nitrogen and oxygen atoms in total. The van der Waals surface area contributed by atoms with E-state index in [1.807, 2.05) is 13.0 Å². The Morgan fingerprint density at radius 2 is 2.19 bits per heavy atom. The molecule has 0 aliphatic carbocycles. The van der Waals surface area contributed by atoms with Gasteiger partial charge in [-0.3, -0.25) is 9.48 Å². The topological polar surface area (TPSA) is 106 Å². The summed E-state index contributed by atoms with van der Waals surface area (Å²) in [6.45, 7) is 4.25. The lowest BCUT2D eigenvalue weighted by atomic mass is 10.1. The van der Waals surface area contributed by atoms with Crippen molar-refractivity contribution in [2.75, 3.05) is 26.4 Å². The Hall–Kier alpha value is -3.25. The summed E-state index contributed by atoms with van der Waals surface area (Å²) in [5, 5.41) is 16.5. The van der Waals surface area contributed by atoms with Crippen molar-refractivity contribution in [3.63, 3.8) is 0 Å². The van der Waals surface area contributed by atoms with E-state index >= 15 is 0 Å². The number of carbonyl (C=O) groups is 2. The van der Waals surface area contributed by atoms with Crippen molar-refractivity contribution in [2.24, 2.45) is 0 Å². The summed E-state index contributed by atoms with van der Waals surface area (Å²) >= 11 is 0. The highest BCUT2D eigenvalue weighted by atomic mass is 19.1. The number of nitrogens with one attached hydrogen (secondary N) is 1. The minimum atomic E-state index is -0.815.